The Labute approximate surface area is 92.1 Å². The summed E-state index contributed by atoms with van der Waals surface area (Å²) in [4.78, 5) is 11.0. The topological polar surface area (TPSA) is 46.5 Å². The van der Waals surface area contributed by atoms with Gasteiger partial charge >= 0.3 is 5.97 Å². The normalized spacial score (nSPS) is 9.93. The van der Waals surface area contributed by atoms with Crippen molar-refractivity contribution in [3.63, 3.8) is 0 Å². The fraction of sp³-hybridized carbons (Fsp3) is 0.750. The van der Waals surface area contributed by atoms with Crippen molar-refractivity contribution < 1.29 is 14.6 Å². The van der Waals surface area contributed by atoms with Crippen molar-refractivity contribution in [2.75, 3.05) is 13.2 Å². The highest BCUT2D eigenvalue weighted by Crippen LogP contribution is 2.07. The number of unbranched alkanes of at least 4 members (excludes halogenated alkanes) is 5. The molecule has 0 aliphatic carbocycles. The number of carbonyl (C=O) groups is 1. The number of allylic oxidation sites excluding steroid dienone is 1. The summed E-state index contributed by atoms with van der Waals surface area (Å²) >= 11 is 0. The molecule has 0 saturated carbocycles. The van der Waals surface area contributed by atoms with Crippen molar-refractivity contribution in [1.29, 1.82) is 0 Å². The van der Waals surface area contributed by atoms with E-state index < -0.39 is 0 Å². The van der Waals surface area contributed by atoms with Crippen LogP contribution in [0, 0.1) is 0 Å². The second-order valence-corrected chi connectivity index (χ2v) is 3.54. The van der Waals surface area contributed by atoms with E-state index >= 15 is 0 Å². The van der Waals surface area contributed by atoms with Crippen LogP contribution in [0.1, 0.15) is 44.9 Å². The molecule has 0 atom stereocenters. The highest BCUT2D eigenvalue weighted by Gasteiger charge is 2.01. The van der Waals surface area contributed by atoms with Crippen molar-refractivity contribution in [2.24, 2.45) is 0 Å². The van der Waals surface area contributed by atoms with Gasteiger partial charge in [0.1, 0.15) is 6.61 Å². The van der Waals surface area contributed by atoms with E-state index in [0.717, 1.165) is 19.3 Å². The van der Waals surface area contributed by atoms with Crippen molar-refractivity contribution >= 4 is 5.97 Å². The molecule has 0 spiro atoms. The minimum Gasteiger partial charge on any atom is -0.463 e. The van der Waals surface area contributed by atoms with Crippen molar-refractivity contribution in [1.82, 2.24) is 0 Å². The fourth-order valence-electron chi connectivity index (χ4n) is 1.32. The van der Waals surface area contributed by atoms with Gasteiger partial charge in [-0.25, -0.2) is 0 Å². The van der Waals surface area contributed by atoms with E-state index in [1.165, 1.54) is 19.3 Å². The molecule has 3 nitrogen and oxygen atoms in total. The van der Waals surface area contributed by atoms with Crippen LogP contribution in [0.15, 0.2) is 12.7 Å². The minimum absolute atomic E-state index is 0.0900. The van der Waals surface area contributed by atoms with Gasteiger partial charge in [-0.2, -0.15) is 0 Å². The summed E-state index contributed by atoms with van der Waals surface area (Å²) in [5.74, 6) is -0.199. The smallest absolute Gasteiger partial charge is 0.305 e. The van der Waals surface area contributed by atoms with Crippen LogP contribution in [-0.4, -0.2) is 24.3 Å². The number of rotatable bonds is 10. The SMILES string of the molecule is C=CCCCCCCCC(=O)OCCO. The van der Waals surface area contributed by atoms with Gasteiger partial charge in [0.2, 0.25) is 0 Å². The lowest BCUT2D eigenvalue weighted by Crippen LogP contribution is -2.07. The Morgan fingerprint density at radius 3 is 2.53 bits per heavy atom. The van der Waals surface area contributed by atoms with E-state index in [9.17, 15) is 4.79 Å². The Morgan fingerprint density at radius 2 is 1.87 bits per heavy atom. The summed E-state index contributed by atoms with van der Waals surface area (Å²) in [6.07, 6.45) is 9.02. The quantitative estimate of drug-likeness (QED) is 0.345. The van der Waals surface area contributed by atoms with E-state index in [1.54, 1.807) is 0 Å². The first kappa shape index (κ1) is 14.2. The van der Waals surface area contributed by atoms with E-state index in [1.807, 2.05) is 6.08 Å². The summed E-state index contributed by atoms with van der Waals surface area (Å²) < 4.78 is 4.73. The van der Waals surface area contributed by atoms with Gasteiger partial charge in [0.25, 0.3) is 0 Å². The maximum Gasteiger partial charge on any atom is 0.305 e. The van der Waals surface area contributed by atoms with E-state index in [0.29, 0.717) is 6.42 Å². The highest BCUT2D eigenvalue weighted by molar-refractivity contribution is 5.69. The molecular weight excluding hydrogens is 192 g/mol. The first-order chi connectivity index (χ1) is 7.31. The molecule has 0 heterocycles. The molecule has 15 heavy (non-hydrogen) atoms. The molecular formula is C12H22O3. The largest absolute Gasteiger partial charge is 0.463 e. The predicted molar refractivity (Wildman–Crippen MR) is 60.6 cm³/mol. The van der Waals surface area contributed by atoms with Gasteiger partial charge in [-0.05, 0) is 19.3 Å². The minimum atomic E-state index is -0.199. The first-order valence-electron chi connectivity index (χ1n) is 5.68. The van der Waals surface area contributed by atoms with Crippen LogP contribution in [0.25, 0.3) is 0 Å². The van der Waals surface area contributed by atoms with Crippen LogP contribution in [0.4, 0.5) is 0 Å². The lowest BCUT2D eigenvalue weighted by Gasteiger charge is -2.02. The molecule has 0 aliphatic heterocycles. The summed E-state index contributed by atoms with van der Waals surface area (Å²) in [5, 5.41) is 8.42. The van der Waals surface area contributed by atoms with Crippen LogP contribution in [-0.2, 0) is 9.53 Å². The molecule has 0 aromatic carbocycles. The van der Waals surface area contributed by atoms with E-state index in [2.05, 4.69) is 6.58 Å². The van der Waals surface area contributed by atoms with Gasteiger partial charge in [0.05, 0.1) is 6.61 Å². The van der Waals surface area contributed by atoms with Gasteiger partial charge in [-0.15, -0.1) is 6.58 Å². The van der Waals surface area contributed by atoms with Crippen molar-refractivity contribution in [3.8, 4) is 0 Å². The average Bonchev–Trinajstić information content (AvgIpc) is 2.25. The standard InChI is InChI=1S/C12H22O3/c1-2-3-4-5-6-7-8-9-12(14)15-11-10-13/h2,13H,1,3-11H2. The van der Waals surface area contributed by atoms with Crippen molar-refractivity contribution in [3.05, 3.63) is 12.7 Å². The maximum atomic E-state index is 11.0. The second-order valence-electron chi connectivity index (χ2n) is 3.54. The number of ether oxygens (including phenoxy) is 1. The molecule has 0 saturated heterocycles. The maximum absolute atomic E-state index is 11.0. The van der Waals surface area contributed by atoms with Crippen LogP contribution in [0.2, 0.25) is 0 Å². The summed E-state index contributed by atoms with van der Waals surface area (Å²) in [6, 6.07) is 0. The third kappa shape index (κ3) is 11.1. The Balaban J connectivity index is 3.09. The molecule has 0 aromatic heterocycles. The lowest BCUT2D eigenvalue weighted by atomic mass is 10.1. The number of aliphatic hydroxyl groups excluding tert-OH is 1. The van der Waals surface area contributed by atoms with Gasteiger partial charge in [-0.3, -0.25) is 4.79 Å². The van der Waals surface area contributed by atoms with Gasteiger partial charge in [0, 0.05) is 6.42 Å². The zero-order chi connectivity index (χ0) is 11.4. The number of hydrogen-bond donors (Lipinski definition) is 1. The number of esters is 1. The van der Waals surface area contributed by atoms with E-state index in [4.69, 9.17) is 9.84 Å². The van der Waals surface area contributed by atoms with Gasteiger partial charge in [-0.1, -0.05) is 25.3 Å². The summed E-state index contributed by atoms with van der Waals surface area (Å²) in [7, 11) is 0. The lowest BCUT2D eigenvalue weighted by molar-refractivity contribution is -0.144. The molecule has 0 fully saturated rings. The Morgan fingerprint density at radius 1 is 1.20 bits per heavy atom. The molecule has 0 rings (SSSR count). The molecule has 88 valence electrons. The molecule has 0 amide bonds. The zero-order valence-corrected chi connectivity index (χ0v) is 9.41. The van der Waals surface area contributed by atoms with Gasteiger partial charge < -0.3 is 9.84 Å². The summed E-state index contributed by atoms with van der Waals surface area (Å²) in [5.41, 5.74) is 0. The predicted octanol–water partition coefficient (Wildman–Crippen LogP) is 2.44. The number of aliphatic hydroxyl groups is 1. The Bertz CT molecular complexity index is 166. The fourth-order valence-corrected chi connectivity index (χ4v) is 1.32. The molecule has 0 bridgehead atoms. The average molecular weight is 214 g/mol. The number of hydrogen-bond acceptors (Lipinski definition) is 3. The highest BCUT2D eigenvalue weighted by atomic mass is 16.5. The zero-order valence-electron chi connectivity index (χ0n) is 9.41. The van der Waals surface area contributed by atoms with Crippen LogP contribution < -0.4 is 0 Å². The van der Waals surface area contributed by atoms with Crippen LogP contribution in [0.5, 0.6) is 0 Å². The summed E-state index contributed by atoms with van der Waals surface area (Å²) in [6.45, 7) is 3.70. The third-order valence-corrected chi connectivity index (χ3v) is 2.14. The molecule has 1 N–H and O–H groups in total. The monoisotopic (exact) mass is 214 g/mol. The molecule has 0 unspecified atom stereocenters. The second kappa shape index (κ2) is 11.2. The number of carbonyl (C=O) groups excluding carboxylic acids is 1. The van der Waals surface area contributed by atoms with Crippen LogP contribution in [0.3, 0.4) is 0 Å². The Kier molecular flexibility index (Phi) is 10.6. The Hall–Kier alpha value is -0.830. The van der Waals surface area contributed by atoms with Crippen molar-refractivity contribution in [2.45, 2.75) is 44.9 Å². The van der Waals surface area contributed by atoms with Crippen LogP contribution >= 0.6 is 0 Å². The molecule has 3 heteroatoms. The van der Waals surface area contributed by atoms with Gasteiger partial charge in [0.15, 0.2) is 0 Å². The molecule has 0 radical (unpaired) electrons. The molecule has 0 aliphatic rings. The van der Waals surface area contributed by atoms with E-state index in [-0.39, 0.29) is 19.2 Å². The molecule has 0 aromatic rings. The first-order valence-corrected chi connectivity index (χ1v) is 5.68. The third-order valence-electron chi connectivity index (χ3n) is 2.14.